The fourth-order valence-corrected chi connectivity index (χ4v) is 8.06. The lowest BCUT2D eigenvalue weighted by Crippen LogP contribution is -2.44. The van der Waals surface area contributed by atoms with Crippen molar-refractivity contribution in [2.24, 2.45) is 18.9 Å². The summed E-state index contributed by atoms with van der Waals surface area (Å²) in [7, 11) is 1.67. The van der Waals surface area contributed by atoms with E-state index in [9.17, 15) is 23.6 Å². The predicted molar refractivity (Wildman–Crippen MR) is 208 cm³/mol. The first kappa shape index (κ1) is 39.2. The number of carbonyl (C=O) groups excluding carboxylic acids is 4. The van der Waals surface area contributed by atoms with Gasteiger partial charge in [0.15, 0.2) is 5.82 Å². The number of fused-ring (bicyclic) bond motifs is 1. The van der Waals surface area contributed by atoms with Gasteiger partial charge >= 0.3 is 0 Å². The Morgan fingerprint density at radius 2 is 1.80 bits per heavy atom. The molecule has 17 heteroatoms. The van der Waals surface area contributed by atoms with Crippen LogP contribution in [-0.4, -0.2) is 88.9 Å². The number of carbonyl (C=O) groups is 4. The molecule has 1 atom stereocenters. The molecule has 0 saturated carbocycles. The van der Waals surface area contributed by atoms with E-state index in [0.717, 1.165) is 69.7 Å². The average Bonchev–Trinajstić information content (AvgIpc) is 3.57. The van der Waals surface area contributed by atoms with E-state index >= 15 is 4.39 Å². The number of nitrogens with one attached hydrogen (secondary N) is 4. The summed E-state index contributed by atoms with van der Waals surface area (Å²) in [6, 6.07) is 7.71. The second kappa shape index (κ2) is 17.4. The van der Waals surface area contributed by atoms with Crippen molar-refractivity contribution < 1.29 is 32.8 Å². The van der Waals surface area contributed by atoms with Crippen LogP contribution in [0, 0.1) is 23.5 Å². The van der Waals surface area contributed by atoms with Gasteiger partial charge in [-0.1, -0.05) is 15.9 Å². The number of hydroxylamine groups is 1. The van der Waals surface area contributed by atoms with Crippen molar-refractivity contribution in [2.45, 2.75) is 44.4 Å². The van der Waals surface area contributed by atoms with E-state index in [1.165, 1.54) is 24.5 Å². The number of pyridine rings is 1. The maximum Gasteiger partial charge on any atom is 0.277 e. The molecule has 3 fully saturated rings. The average molecular weight is 837 g/mol. The van der Waals surface area contributed by atoms with Crippen LogP contribution in [0.15, 0.2) is 53.5 Å². The molecule has 1 unspecified atom stereocenters. The molecule has 0 aliphatic carbocycles. The molecule has 0 radical (unpaired) electrons. The first-order valence-electron chi connectivity index (χ1n) is 18.9. The number of hydrogen-bond acceptors (Lipinski definition) is 10. The predicted octanol–water partition coefficient (Wildman–Crippen LogP) is 4.68. The topological polar surface area (TPSA) is 163 Å². The van der Waals surface area contributed by atoms with Gasteiger partial charge in [0, 0.05) is 56.2 Å². The number of imide groups is 1. The highest BCUT2D eigenvalue weighted by Crippen LogP contribution is 2.33. The molecule has 2 aromatic carbocycles. The minimum absolute atomic E-state index is 0.0188. The number of anilines is 3. The van der Waals surface area contributed by atoms with E-state index < -0.39 is 17.5 Å². The van der Waals surface area contributed by atoms with Gasteiger partial charge in [-0.25, -0.2) is 19.2 Å². The number of nitrogens with zero attached hydrogens (tertiary/aromatic N) is 5. The number of benzene rings is 2. The van der Waals surface area contributed by atoms with Crippen LogP contribution in [0.1, 0.15) is 60.4 Å². The van der Waals surface area contributed by atoms with Crippen molar-refractivity contribution in [1.29, 1.82) is 0 Å². The van der Waals surface area contributed by atoms with Gasteiger partial charge in [-0.3, -0.25) is 34.3 Å². The third kappa shape index (κ3) is 9.00. The van der Waals surface area contributed by atoms with Crippen LogP contribution >= 0.6 is 15.9 Å². The van der Waals surface area contributed by atoms with Crippen molar-refractivity contribution in [1.82, 2.24) is 35.5 Å². The number of halogens is 3. The van der Waals surface area contributed by atoms with Crippen LogP contribution in [0.4, 0.5) is 25.8 Å². The van der Waals surface area contributed by atoms with E-state index in [1.807, 2.05) is 12.3 Å². The Bertz CT molecular complexity index is 2120. The smallest absolute Gasteiger partial charge is 0.277 e. The quantitative estimate of drug-likeness (QED) is 0.0897. The number of hydrogen-bond donors (Lipinski definition) is 4. The summed E-state index contributed by atoms with van der Waals surface area (Å²) in [5.41, 5.74) is 4.14. The zero-order valence-electron chi connectivity index (χ0n) is 31.0. The number of likely N-dealkylation sites (tertiary alicyclic amines) is 1. The maximum atomic E-state index is 15.6. The van der Waals surface area contributed by atoms with Crippen molar-refractivity contribution in [3.05, 3.63) is 76.3 Å². The third-order valence-corrected chi connectivity index (χ3v) is 11.4. The summed E-state index contributed by atoms with van der Waals surface area (Å²) < 4.78 is 32.3. The van der Waals surface area contributed by atoms with E-state index in [0.29, 0.717) is 28.7 Å². The largest absolute Gasteiger partial charge is 0.370 e. The van der Waals surface area contributed by atoms with E-state index in [2.05, 4.69) is 57.1 Å². The second-order valence-electron chi connectivity index (χ2n) is 14.6. The van der Waals surface area contributed by atoms with Crippen LogP contribution < -0.4 is 26.3 Å². The summed E-state index contributed by atoms with van der Waals surface area (Å²) in [5, 5.41) is 8.02. The first-order chi connectivity index (χ1) is 27.0. The molecule has 3 aliphatic rings. The fraction of sp³-hybridized carbons (Fsp3) is 0.436. The normalized spacial score (nSPS) is 18.6. The van der Waals surface area contributed by atoms with Crippen molar-refractivity contribution in [3.8, 4) is 0 Å². The molecular formula is C39H44BrF2N9O5. The number of amides is 4. The van der Waals surface area contributed by atoms with Crippen LogP contribution in [0.2, 0.25) is 0 Å². The summed E-state index contributed by atoms with van der Waals surface area (Å²) in [6.07, 6.45) is 9.38. The van der Waals surface area contributed by atoms with Crippen LogP contribution in [-0.2, 0) is 26.3 Å². The van der Waals surface area contributed by atoms with E-state index in [4.69, 9.17) is 4.84 Å². The second-order valence-corrected chi connectivity index (χ2v) is 15.6. The van der Waals surface area contributed by atoms with Crippen LogP contribution in [0.25, 0.3) is 11.0 Å². The Morgan fingerprint density at radius 3 is 2.55 bits per heavy atom. The third-order valence-electron chi connectivity index (χ3n) is 10.9. The van der Waals surface area contributed by atoms with Gasteiger partial charge in [-0.05, 0) is 87.0 Å². The van der Waals surface area contributed by atoms with E-state index in [-0.39, 0.29) is 65.2 Å². The molecule has 14 nitrogen and oxygen atoms in total. The lowest BCUT2D eigenvalue weighted by atomic mass is 9.90. The Labute approximate surface area is 330 Å². The van der Waals surface area contributed by atoms with Gasteiger partial charge in [0.05, 0.1) is 53.2 Å². The fourth-order valence-electron chi connectivity index (χ4n) is 7.73. The molecule has 5 heterocycles. The van der Waals surface area contributed by atoms with Gasteiger partial charge in [-0.2, -0.15) is 0 Å². The van der Waals surface area contributed by atoms with Gasteiger partial charge in [0.25, 0.3) is 5.91 Å². The molecule has 4 amide bonds. The first-order valence-corrected chi connectivity index (χ1v) is 19.6. The Kier molecular flexibility index (Phi) is 12.2. The molecule has 4 N–H and O–H groups in total. The van der Waals surface area contributed by atoms with Crippen molar-refractivity contribution >= 4 is 67.7 Å². The molecule has 3 aliphatic heterocycles. The van der Waals surface area contributed by atoms with E-state index in [1.54, 1.807) is 23.9 Å². The standard InChI is InChI=1S/C39H44BrF2N9O5/c1-49-22-45-36-32(49)18-29(35(34(36)42)46-31-4-2-26(40)17-30(31)41)39(55)48-56-15-10-44-37(53)24-8-11-50(12-9-24)21-23-6-13-51(14-7-23)27-16-25(19-43-20-27)28-3-5-33(52)47-38(28)54/h2,4,16-20,22-24,28,46H,3,5-15,21H2,1H3,(H,44,53)(H,48,55)(H,47,52,54). The van der Waals surface area contributed by atoms with Crippen molar-refractivity contribution in [2.75, 3.05) is 56.1 Å². The number of imidazole rings is 1. The molecule has 296 valence electrons. The molecular weight excluding hydrogens is 792 g/mol. The van der Waals surface area contributed by atoms with Gasteiger partial charge < -0.3 is 25.0 Å². The highest BCUT2D eigenvalue weighted by molar-refractivity contribution is 9.10. The molecule has 0 spiro atoms. The summed E-state index contributed by atoms with van der Waals surface area (Å²) in [4.78, 5) is 68.7. The number of rotatable bonds is 12. The van der Waals surface area contributed by atoms with Gasteiger partial charge in [0.2, 0.25) is 17.7 Å². The molecule has 7 rings (SSSR count). The number of aryl methyl sites for hydroxylation is 1. The number of piperidine rings is 3. The Morgan fingerprint density at radius 1 is 1.02 bits per heavy atom. The highest BCUT2D eigenvalue weighted by atomic mass is 79.9. The lowest BCUT2D eigenvalue weighted by Gasteiger charge is -2.38. The monoisotopic (exact) mass is 835 g/mol. The molecule has 56 heavy (non-hydrogen) atoms. The molecule has 0 bridgehead atoms. The summed E-state index contributed by atoms with van der Waals surface area (Å²) in [6.45, 7) is 4.58. The minimum Gasteiger partial charge on any atom is -0.370 e. The van der Waals surface area contributed by atoms with Crippen LogP contribution in [0.3, 0.4) is 0 Å². The molecule has 2 aromatic heterocycles. The SMILES string of the molecule is Cn1cnc2c(F)c(Nc3ccc(Br)cc3F)c(C(=O)NOCCNC(=O)C3CCN(CC4CCN(c5cncc(C6CCC(=O)NC6=O)c5)CC4)CC3)cc21. The van der Waals surface area contributed by atoms with Crippen molar-refractivity contribution in [3.63, 3.8) is 0 Å². The summed E-state index contributed by atoms with van der Waals surface area (Å²) >= 11 is 3.20. The zero-order valence-corrected chi connectivity index (χ0v) is 32.5. The zero-order chi connectivity index (χ0) is 39.3. The molecule has 4 aromatic rings. The number of aromatic nitrogens is 3. The minimum atomic E-state index is -0.816. The Hall–Kier alpha value is -5.00. The lowest BCUT2D eigenvalue weighted by molar-refractivity contribution is -0.134. The van der Waals surface area contributed by atoms with Gasteiger partial charge in [-0.15, -0.1) is 0 Å². The highest BCUT2D eigenvalue weighted by Gasteiger charge is 2.31. The summed E-state index contributed by atoms with van der Waals surface area (Å²) in [5.74, 6) is -2.69. The van der Waals surface area contributed by atoms with Gasteiger partial charge in [0.1, 0.15) is 11.3 Å². The van der Waals surface area contributed by atoms with Crippen LogP contribution in [0.5, 0.6) is 0 Å². The maximum absolute atomic E-state index is 15.6. The molecule has 3 saturated heterocycles. The Balaban J connectivity index is 0.826.